The highest BCUT2D eigenvalue weighted by Crippen LogP contribution is 2.14. The third kappa shape index (κ3) is 4.23. The molecule has 6 heteroatoms. The largest absolute Gasteiger partial charge is 0.484 e. The van der Waals surface area contributed by atoms with E-state index in [4.69, 9.17) is 4.74 Å². The number of pyridine rings is 1. The average molecular weight is 336 g/mol. The van der Waals surface area contributed by atoms with Crippen molar-refractivity contribution in [2.45, 2.75) is 20.8 Å². The van der Waals surface area contributed by atoms with Crippen LogP contribution in [0.25, 0.3) is 5.82 Å². The smallest absolute Gasteiger partial charge is 0.262 e. The first kappa shape index (κ1) is 16.7. The van der Waals surface area contributed by atoms with E-state index < -0.39 is 0 Å². The lowest BCUT2D eigenvalue weighted by Gasteiger charge is -2.08. The van der Waals surface area contributed by atoms with Gasteiger partial charge in [0, 0.05) is 5.69 Å². The van der Waals surface area contributed by atoms with E-state index in [1.807, 2.05) is 57.2 Å². The Hall–Kier alpha value is -3.15. The van der Waals surface area contributed by atoms with Gasteiger partial charge in [0.05, 0.1) is 17.6 Å². The van der Waals surface area contributed by atoms with E-state index in [9.17, 15) is 4.79 Å². The molecule has 3 rings (SSSR count). The summed E-state index contributed by atoms with van der Waals surface area (Å²) in [5.74, 6) is 1.14. The molecule has 0 atom stereocenters. The number of nitrogens with one attached hydrogen (secondary N) is 1. The van der Waals surface area contributed by atoms with Crippen LogP contribution in [0.1, 0.15) is 17.0 Å². The minimum Gasteiger partial charge on any atom is -0.484 e. The summed E-state index contributed by atoms with van der Waals surface area (Å²) in [5.41, 5.74) is 3.70. The normalized spacial score (nSPS) is 10.5. The Balaban J connectivity index is 1.58. The molecule has 6 nitrogen and oxygen atoms in total. The maximum atomic E-state index is 12.0. The van der Waals surface area contributed by atoms with E-state index >= 15 is 0 Å². The molecule has 2 heterocycles. The summed E-state index contributed by atoms with van der Waals surface area (Å²) in [4.78, 5) is 16.3. The van der Waals surface area contributed by atoms with Crippen molar-refractivity contribution in [1.29, 1.82) is 0 Å². The molecular formula is C19H20N4O2. The Morgan fingerprint density at radius 2 is 1.88 bits per heavy atom. The number of amides is 1. The van der Waals surface area contributed by atoms with E-state index in [-0.39, 0.29) is 12.5 Å². The van der Waals surface area contributed by atoms with Gasteiger partial charge in [0.15, 0.2) is 12.4 Å². The molecule has 0 saturated heterocycles. The lowest BCUT2D eigenvalue weighted by atomic mass is 10.2. The number of ether oxygens (including phenoxy) is 1. The molecule has 128 valence electrons. The Bertz CT molecular complexity index is 867. The molecule has 1 N–H and O–H groups in total. The summed E-state index contributed by atoms with van der Waals surface area (Å²) in [5, 5.41) is 7.15. The molecule has 2 aromatic heterocycles. The minimum atomic E-state index is -0.235. The minimum absolute atomic E-state index is 0.0533. The maximum absolute atomic E-state index is 12.0. The number of carbonyl (C=O) groups excluding carboxylic acids is 1. The highest BCUT2D eigenvalue weighted by molar-refractivity contribution is 5.91. The van der Waals surface area contributed by atoms with E-state index in [0.717, 1.165) is 17.0 Å². The van der Waals surface area contributed by atoms with Gasteiger partial charge in [0.1, 0.15) is 5.75 Å². The van der Waals surface area contributed by atoms with Crippen molar-refractivity contribution in [2.75, 3.05) is 11.9 Å². The van der Waals surface area contributed by atoms with Gasteiger partial charge in [-0.3, -0.25) is 4.79 Å². The van der Waals surface area contributed by atoms with Crippen molar-refractivity contribution in [3.8, 4) is 11.6 Å². The molecule has 0 aliphatic carbocycles. The second-order valence-electron chi connectivity index (χ2n) is 5.89. The topological polar surface area (TPSA) is 69.0 Å². The van der Waals surface area contributed by atoms with Crippen LogP contribution in [0.3, 0.4) is 0 Å². The van der Waals surface area contributed by atoms with Gasteiger partial charge < -0.3 is 10.1 Å². The van der Waals surface area contributed by atoms with Crippen molar-refractivity contribution in [2.24, 2.45) is 0 Å². The molecule has 1 aromatic carbocycles. The van der Waals surface area contributed by atoms with Crippen molar-refractivity contribution in [3.05, 3.63) is 65.6 Å². The Morgan fingerprint density at radius 1 is 1.12 bits per heavy atom. The number of anilines is 1. The third-order valence-electron chi connectivity index (χ3n) is 3.65. The first-order valence-corrected chi connectivity index (χ1v) is 8.00. The maximum Gasteiger partial charge on any atom is 0.262 e. The lowest BCUT2D eigenvalue weighted by molar-refractivity contribution is -0.118. The highest BCUT2D eigenvalue weighted by atomic mass is 16.5. The van der Waals surface area contributed by atoms with Crippen molar-refractivity contribution >= 4 is 11.6 Å². The number of benzene rings is 1. The van der Waals surface area contributed by atoms with Crippen LogP contribution in [-0.2, 0) is 4.79 Å². The predicted molar refractivity (Wildman–Crippen MR) is 96.1 cm³/mol. The van der Waals surface area contributed by atoms with Gasteiger partial charge in [-0.1, -0.05) is 17.7 Å². The van der Waals surface area contributed by atoms with Crippen molar-refractivity contribution < 1.29 is 9.53 Å². The van der Waals surface area contributed by atoms with Crippen LogP contribution in [0.15, 0.2) is 48.7 Å². The number of carbonyl (C=O) groups is 1. The van der Waals surface area contributed by atoms with Crippen LogP contribution >= 0.6 is 0 Å². The quantitative estimate of drug-likeness (QED) is 0.777. The molecule has 0 unspecified atom stereocenters. The number of rotatable bonds is 5. The molecule has 0 spiro atoms. The molecule has 25 heavy (non-hydrogen) atoms. The zero-order valence-electron chi connectivity index (χ0n) is 14.5. The van der Waals surface area contributed by atoms with Gasteiger partial charge in [-0.25, -0.2) is 9.67 Å². The van der Waals surface area contributed by atoms with Crippen molar-refractivity contribution in [1.82, 2.24) is 14.8 Å². The van der Waals surface area contributed by atoms with Gasteiger partial charge in [-0.05, 0) is 51.1 Å². The number of hydrogen-bond donors (Lipinski definition) is 1. The molecule has 1 amide bonds. The van der Waals surface area contributed by atoms with Crippen LogP contribution in [-0.4, -0.2) is 27.3 Å². The summed E-state index contributed by atoms with van der Waals surface area (Å²) in [6.45, 7) is 5.85. The summed E-state index contributed by atoms with van der Waals surface area (Å²) in [7, 11) is 0. The number of aromatic nitrogens is 3. The van der Waals surface area contributed by atoms with Gasteiger partial charge in [-0.2, -0.15) is 5.10 Å². The molecular weight excluding hydrogens is 316 g/mol. The van der Waals surface area contributed by atoms with Gasteiger partial charge in [0.2, 0.25) is 0 Å². The first-order chi connectivity index (χ1) is 12.0. The monoisotopic (exact) mass is 336 g/mol. The van der Waals surface area contributed by atoms with E-state index in [0.29, 0.717) is 17.3 Å². The van der Waals surface area contributed by atoms with Crippen molar-refractivity contribution in [3.63, 3.8) is 0 Å². The van der Waals surface area contributed by atoms with Crippen LogP contribution < -0.4 is 10.1 Å². The summed E-state index contributed by atoms with van der Waals surface area (Å²) >= 11 is 0. The fraction of sp³-hybridized carbons (Fsp3) is 0.211. The van der Waals surface area contributed by atoms with Crippen LogP contribution in [0.4, 0.5) is 5.69 Å². The van der Waals surface area contributed by atoms with E-state index in [1.165, 1.54) is 0 Å². The van der Waals surface area contributed by atoms with Crippen LogP contribution in [0.2, 0.25) is 0 Å². The number of nitrogens with zero attached hydrogens (tertiary/aromatic N) is 3. The molecule has 3 aromatic rings. The summed E-state index contributed by atoms with van der Waals surface area (Å²) < 4.78 is 7.23. The van der Waals surface area contributed by atoms with Crippen LogP contribution in [0, 0.1) is 20.8 Å². The molecule has 0 saturated carbocycles. The number of aryl methyl sites for hydroxylation is 3. The zero-order valence-corrected chi connectivity index (χ0v) is 14.5. The second-order valence-corrected chi connectivity index (χ2v) is 5.89. The zero-order chi connectivity index (χ0) is 17.8. The average Bonchev–Trinajstić information content (AvgIpc) is 2.93. The predicted octanol–water partition coefficient (Wildman–Crippen LogP) is 3.21. The fourth-order valence-corrected chi connectivity index (χ4v) is 2.43. The Kier molecular flexibility index (Phi) is 4.79. The first-order valence-electron chi connectivity index (χ1n) is 8.00. The fourth-order valence-electron chi connectivity index (χ4n) is 2.43. The van der Waals surface area contributed by atoms with Crippen LogP contribution in [0.5, 0.6) is 5.75 Å². The molecule has 0 aliphatic rings. The van der Waals surface area contributed by atoms with Gasteiger partial charge >= 0.3 is 0 Å². The van der Waals surface area contributed by atoms with E-state index in [1.54, 1.807) is 16.9 Å². The Morgan fingerprint density at radius 3 is 2.48 bits per heavy atom. The molecule has 0 aliphatic heterocycles. The SMILES string of the molecule is Cc1ccc(OCC(=O)Nc2ccc(-n3nc(C)cc3C)nc2)cc1. The molecule has 0 fully saturated rings. The van der Waals surface area contributed by atoms with E-state index in [2.05, 4.69) is 15.4 Å². The van der Waals surface area contributed by atoms with Gasteiger partial charge in [0.25, 0.3) is 5.91 Å². The molecule has 0 bridgehead atoms. The second kappa shape index (κ2) is 7.17. The lowest BCUT2D eigenvalue weighted by Crippen LogP contribution is -2.20. The highest BCUT2D eigenvalue weighted by Gasteiger charge is 2.07. The summed E-state index contributed by atoms with van der Waals surface area (Å²) in [6, 6.07) is 13.2. The Labute approximate surface area is 146 Å². The number of hydrogen-bond acceptors (Lipinski definition) is 4. The third-order valence-corrected chi connectivity index (χ3v) is 3.65. The molecule has 0 radical (unpaired) electrons. The standard InChI is InChI=1S/C19H20N4O2/c1-13-4-7-17(8-5-13)25-12-19(24)21-16-6-9-18(20-11-16)23-15(3)10-14(2)22-23/h4-11H,12H2,1-3H3,(H,21,24). The van der Waals surface area contributed by atoms with Gasteiger partial charge in [-0.15, -0.1) is 0 Å². The summed E-state index contributed by atoms with van der Waals surface area (Å²) in [6.07, 6.45) is 1.61.